The van der Waals surface area contributed by atoms with E-state index in [4.69, 9.17) is 9.63 Å². The Morgan fingerprint density at radius 3 is 2.52 bits per heavy atom. The van der Waals surface area contributed by atoms with Crippen molar-refractivity contribution in [3.8, 4) is 5.75 Å². The SMILES string of the molecule is Cc1noc(C)c1S(=O)(=O)Nc1ccc(O)cc1C(=O)O. The van der Waals surface area contributed by atoms with Crippen molar-refractivity contribution < 1.29 is 27.9 Å². The van der Waals surface area contributed by atoms with Gasteiger partial charge in [0.1, 0.15) is 11.4 Å². The number of aromatic hydroxyl groups is 1. The standard InChI is InChI=1S/C12H12N2O6S/c1-6-11(7(2)20-13-6)21(18,19)14-10-4-3-8(15)5-9(10)12(16)17/h3-5,14-15H,1-2H3,(H,16,17). The number of hydrogen-bond donors (Lipinski definition) is 3. The molecule has 0 spiro atoms. The molecule has 0 amide bonds. The number of nitrogens with one attached hydrogen (secondary N) is 1. The topological polar surface area (TPSA) is 130 Å². The first-order valence-electron chi connectivity index (χ1n) is 5.74. The van der Waals surface area contributed by atoms with Gasteiger partial charge in [-0.1, -0.05) is 5.16 Å². The minimum Gasteiger partial charge on any atom is -0.508 e. The molecule has 0 atom stereocenters. The number of sulfonamides is 1. The van der Waals surface area contributed by atoms with E-state index in [1.54, 1.807) is 0 Å². The van der Waals surface area contributed by atoms with Crippen molar-refractivity contribution in [3.05, 3.63) is 35.2 Å². The van der Waals surface area contributed by atoms with Gasteiger partial charge in [0.25, 0.3) is 10.0 Å². The Morgan fingerprint density at radius 1 is 1.33 bits per heavy atom. The van der Waals surface area contributed by atoms with Crippen molar-refractivity contribution in [2.45, 2.75) is 18.7 Å². The van der Waals surface area contributed by atoms with Gasteiger partial charge in [0.05, 0.1) is 11.3 Å². The summed E-state index contributed by atoms with van der Waals surface area (Å²) < 4.78 is 31.5. The number of carbonyl (C=O) groups is 1. The number of hydrogen-bond acceptors (Lipinski definition) is 6. The zero-order valence-electron chi connectivity index (χ0n) is 11.1. The zero-order valence-corrected chi connectivity index (χ0v) is 11.9. The predicted octanol–water partition coefficient (Wildman–Crippen LogP) is 1.50. The van der Waals surface area contributed by atoms with Crippen LogP contribution in [0.4, 0.5) is 5.69 Å². The fraction of sp³-hybridized carbons (Fsp3) is 0.167. The normalized spacial score (nSPS) is 11.3. The molecular weight excluding hydrogens is 300 g/mol. The molecular formula is C12H12N2O6S. The molecule has 2 aromatic rings. The second-order valence-corrected chi connectivity index (χ2v) is 5.91. The van der Waals surface area contributed by atoms with Crippen molar-refractivity contribution in [1.82, 2.24) is 5.16 Å². The molecule has 2 rings (SSSR count). The predicted molar refractivity (Wildman–Crippen MR) is 71.9 cm³/mol. The highest BCUT2D eigenvalue weighted by atomic mass is 32.2. The summed E-state index contributed by atoms with van der Waals surface area (Å²) in [6.45, 7) is 2.89. The lowest BCUT2D eigenvalue weighted by Crippen LogP contribution is -2.16. The highest BCUT2D eigenvalue weighted by molar-refractivity contribution is 7.92. The van der Waals surface area contributed by atoms with Crippen LogP contribution in [0, 0.1) is 13.8 Å². The third-order valence-corrected chi connectivity index (χ3v) is 4.32. The number of carboxylic acids is 1. The van der Waals surface area contributed by atoms with E-state index in [0.29, 0.717) is 0 Å². The maximum absolute atomic E-state index is 12.3. The van der Waals surface area contributed by atoms with Crippen LogP contribution >= 0.6 is 0 Å². The quantitative estimate of drug-likeness (QED) is 0.729. The molecule has 9 heteroatoms. The molecule has 8 nitrogen and oxygen atoms in total. The van der Waals surface area contributed by atoms with Crippen LogP contribution in [0.1, 0.15) is 21.8 Å². The fourth-order valence-electron chi connectivity index (χ4n) is 1.85. The number of carboxylic acid groups (broad SMARTS) is 1. The molecule has 1 heterocycles. The fourth-order valence-corrected chi connectivity index (χ4v) is 3.26. The summed E-state index contributed by atoms with van der Waals surface area (Å²) in [4.78, 5) is 11.0. The largest absolute Gasteiger partial charge is 0.508 e. The summed E-state index contributed by atoms with van der Waals surface area (Å²) in [5, 5.41) is 21.9. The Hall–Kier alpha value is -2.55. The molecule has 21 heavy (non-hydrogen) atoms. The molecule has 0 aliphatic rings. The van der Waals surface area contributed by atoms with Gasteiger partial charge < -0.3 is 14.7 Å². The number of aromatic carboxylic acids is 1. The molecule has 112 valence electrons. The summed E-state index contributed by atoms with van der Waals surface area (Å²) in [5.74, 6) is -1.56. The van der Waals surface area contributed by atoms with Crippen molar-refractivity contribution >= 4 is 21.7 Å². The van der Waals surface area contributed by atoms with E-state index in [0.717, 1.165) is 12.1 Å². The number of phenolic OH excluding ortho intramolecular Hbond substituents is 1. The molecule has 0 unspecified atom stereocenters. The third kappa shape index (κ3) is 2.82. The summed E-state index contributed by atoms with van der Waals surface area (Å²) in [5.41, 5.74) is -0.374. The van der Waals surface area contributed by atoms with Crippen LogP contribution in [0.5, 0.6) is 5.75 Å². The van der Waals surface area contributed by atoms with Crippen LogP contribution in [0.15, 0.2) is 27.6 Å². The maximum Gasteiger partial charge on any atom is 0.337 e. The number of anilines is 1. The van der Waals surface area contributed by atoms with Crippen LogP contribution in [-0.2, 0) is 10.0 Å². The average Bonchev–Trinajstić information content (AvgIpc) is 2.71. The minimum atomic E-state index is -4.05. The van der Waals surface area contributed by atoms with Crippen molar-refractivity contribution in [2.75, 3.05) is 4.72 Å². The first-order valence-corrected chi connectivity index (χ1v) is 7.22. The van der Waals surface area contributed by atoms with Crippen LogP contribution in [0.2, 0.25) is 0 Å². The highest BCUT2D eigenvalue weighted by Crippen LogP contribution is 2.26. The second kappa shape index (κ2) is 5.09. The van der Waals surface area contributed by atoms with Gasteiger partial charge in [0.2, 0.25) is 0 Å². The van der Waals surface area contributed by atoms with Gasteiger partial charge in [-0.05, 0) is 32.0 Å². The molecule has 0 saturated carbocycles. The van der Waals surface area contributed by atoms with E-state index in [2.05, 4.69) is 9.88 Å². The van der Waals surface area contributed by atoms with E-state index < -0.39 is 16.0 Å². The first-order chi connectivity index (χ1) is 9.72. The van der Waals surface area contributed by atoms with Gasteiger partial charge in [-0.25, -0.2) is 13.2 Å². The summed E-state index contributed by atoms with van der Waals surface area (Å²) in [6, 6.07) is 3.29. The second-order valence-electron chi connectivity index (χ2n) is 4.29. The molecule has 1 aromatic heterocycles. The molecule has 3 N–H and O–H groups in total. The molecule has 0 aliphatic carbocycles. The first kappa shape index (κ1) is 14.9. The average molecular weight is 312 g/mol. The Kier molecular flexibility index (Phi) is 3.60. The van der Waals surface area contributed by atoms with Gasteiger partial charge in [-0.15, -0.1) is 0 Å². The van der Waals surface area contributed by atoms with Gasteiger partial charge >= 0.3 is 5.97 Å². The van der Waals surface area contributed by atoms with Crippen molar-refractivity contribution in [2.24, 2.45) is 0 Å². The molecule has 0 aliphatic heterocycles. The zero-order chi connectivity index (χ0) is 15.8. The highest BCUT2D eigenvalue weighted by Gasteiger charge is 2.26. The lowest BCUT2D eigenvalue weighted by atomic mass is 10.2. The Bertz CT molecular complexity index is 790. The number of nitrogens with zero attached hydrogens (tertiary/aromatic N) is 1. The van der Waals surface area contributed by atoms with Crippen molar-refractivity contribution in [1.29, 1.82) is 0 Å². The van der Waals surface area contributed by atoms with Crippen LogP contribution in [0.3, 0.4) is 0 Å². The van der Waals surface area contributed by atoms with Gasteiger partial charge in [-0.2, -0.15) is 0 Å². The number of phenols is 1. The van der Waals surface area contributed by atoms with Crippen LogP contribution < -0.4 is 4.72 Å². The lowest BCUT2D eigenvalue weighted by molar-refractivity contribution is 0.0697. The number of aromatic nitrogens is 1. The molecule has 0 bridgehead atoms. The Labute approximate surface area is 120 Å². The Morgan fingerprint density at radius 2 is 2.00 bits per heavy atom. The van der Waals surface area contributed by atoms with E-state index in [9.17, 15) is 18.3 Å². The number of aryl methyl sites for hydroxylation is 2. The van der Waals surface area contributed by atoms with Crippen LogP contribution in [-0.4, -0.2) is 29.8 Å². The molecule has 0 fully saturated rings. The number of benzene rings is 1. The van der Waals surface area contributed by atoms with Gasteiger partial charge in [-0.3, -0.25) is 4.72 Å². The van der Waals surface area contributed by atoms with Crippen molar-refractivity contribution in [3.63, 3.8) is 0 Å². The lowest BCUT2D eigenvalue weighted by Gasteiger charge is -2.10. The molecule has 0 radical (unpaired) electrons. The van der Waals surface area contributed by atoms with E-state index in [1.807, 2.05) is 0 Å². The number of rotatable bonds is 4. The third-order valence-electron chi connectivity index (χ3n) is 2.71. The summed E-state index contributed by atoms with van der Waals surface area (Å²) in [6.07, 6.45) is 0. The monoisotopic (exact) mass is 312 g/mol. The smallest absolute Gasteiger partial charge is 0.337 e. The Balaban J connectivity index is 2.50. The molecule has 0 saturated heterocycles. The van der Waals surface area contributed by atoms with Crippen LogP contribution in [0.25, 0.3) is 0 Å². The van der Waals surface area contributed by atoms with Gasteiger partial charge in [0, 0.05) is 0 Å². The maximum atomic E-state index is 12.3. The van der Waals surface area contributed by atoms with Gasteiger partial charge in [0.15, 0.2) is 10.7 Å². The van der Waals surface area contributed by atoms with E-state index >= 15 is 0 Å². The summed E-state index contributed by atoms with van der Waals surface area (Å²) in [7, 11) is -4.05. The van der Waals surface area contributed by atoms with E-state index in [1.165, 1.54) is 19.9 Å². The minimum absolute atomic E-state index is 0.0932. The summed E-state index contributed by atoms with van der Waals surface area (Å²) >= 11 is 0. The van der Waals surface area contributed by atoms with E-state index in [-0.39, 0.29) is 33.4 Å². The molecule has 1 aromatic carbocycles.